The monoisotopic (exact) mass is 308 g/mol. The molecule has 0 radical (unpaired) electrons. The van der Waals surface area contributed by atoms with Crippen LogP contribution in [0.3, 0.4) is 0 Å². The van der Waals surface area contributed by atoms with Crippen molar-refractivity contribution in [3.05, 3.63) is 58.9 Å². The Bertz CT molecular complexity index is 941. The number of rotatable bonds is 3. The summed E-state index contributed by atoms with van der Waals surface area (Å²) in [6, 6.07) is 10.6. The number of fused-ring (bicyclic) bond motifs is 1. The standard InChI is InChI=1S/C17H16N4O2/c1-10-7-8-13(17(22)23)9-14(10)19-20-16-12(3)18-15-6-4-5-11(2)21(15)16/h4-9H,1-3H3,(H,22,23). The van der Waals surface area contributed by atoms with E-state index in [-0.39, 0.29) is 5.56 Å². The summed E-state index contributed by atoms with van der Waals surface area (Å²) < 4.78 is 1.93. The number of pyridine rings is 1. The molecule has 1 aromatic carbocycles. The normalized spacial score (nSPS) is 11.4. The largest absolute Gasteiger partial charge is 0.478 e. The molecule has 0 spiro atoms. The maximum atomic E-state index is 11.1. The molecule has 2 heterocycles. The van der Waals surface area contributed by atoms with Crippen LogP contribution in [0.1, 0.15) is 27.3 Å². The highest BCUT2D eigenvalue weighted by Gasteiger charge is 2.10. The molecule has 2 aromatic heterocycles. The molecule has 0 atom stereocenters. The van der Waals surface area contributed by atoms with Gasteiger partial charge in [-0.25, -0.2) is 9.78 Å². The van der Waals surface area contributed by atoms with Gasteiger partial charge in [0.25, 0.3) is 0 Å². The Kier molecular flexibility index (Phi) is 3.65. The first-order chi connectivity index (χ1) is 11.0. The van der Waals surface area contributed by atoms with Crippen LogP contribution in [0.2, 0.25) is 0 Å². The van der Waals surface area contributed by atoms with Crippen molar-refractivity contribution < 1.29 is 9.90 Å². The average Bonchev–Trinajstić information content (AvgIpc) is 2.83. The summed E-state index contributed by atoms with van der Waals surface area (Å²) in [6.07, 6.45) is 0. The highest BCUT2D eigenvalue weighted by molar-refractivity contribution is 5.88. The second kappa shape index (κ2) is 5.64. The fourth-order valence-corrected chi connectivity index (χ4v) is 2.42. The summed E-state index contributed by atoms with van der Waals surface area (Å²) >= 11 is 0. The fourth-order valence-electron chi connectivity index (χ4n) is 2.42. The van der Waals surface area contributed by atoms with Gasteiger partial charge in [-0.2, -0.15) is 0 Å². The number of aromatic nitrogens is 2. The zero-order valence-corrected chi connectivity index (χ0v) is 13.1. The molecule has 1 N–H and O–H groups in total. The van der Waals surface area contributed by atoms with Crippen molar-refractivity contribution >= 4 is 23.1 Å². The summed E-state index contributed by atoms with van der Waals surface area (Å²) in [5.74, 6) is -0.332. The van der Waals surface area contributed by atoms with Gasteiger partial charge in [-0.1, -0.05) is 12.1 Å². The Morgan fingerprint density at radius 3 is 2.65 bits per heavy atom. The van der Waals surface area contributed by atoms with Gasteiger partial charge in [0, 0.05) is 5.69 Å². The van der Waals surface area contributed by atoms with Crippen LogP contribution in [0.5, 0.6) is 0 Å². The first-order valence-corrected chi connectivity index (χ1v) is 7.18. The number of azo groups is 1. The molecule has 0 fully saturated rings. The van der Waals surface area contributed by atoms with Gasteiger partial charge in [0.05, 0.1) is 16.9 Å². The molecule has 116 valence electrons. The van der Waals surface area contributed by atoms with Crippen LogP contribution in [0.25, 0.3) is 5.65 Å². The van der Waals surface area contributed by atoms with Gasteiger partial charge in [-0.3, -0.25) is 4.40 Å². The summed E-state index contributed by atoms with van der Waals surface area (Å²) in [5.41, 5.74) is 4.18. The molecule has 6 heteroatoms. The van der Waals surface area contributed by atoms with E-state index in [1.54, 1.807) is 12.1 Å². The first kappa shape index (κ1) is 14.9. The highest BCUT2D eigenvalue weighted by atomic mass is 16.4. The molecule has 0 saturated heterocycles. The molecule has 0 aliphatic rings. The minimum absolute atomic E-state index is 0.190. The molecule has 3 rings (SSSR count). The van der Waals surface area contributed by atoms with E-state index in [1.807, 2.05) is 43.4 Å². The van der Waals surface area contributed by atoms with Gasteiger partial charge >= 0.3 is 5.97 Å². The molecular weight excluding hydrogens is 292 g/mol. The number of imidazole rings is 1. The first-order valence-electron chi connectivity index (χ1n) is 7.18. The third-order valence-corrected chi connectivity index (χ3v) is 3.69. The number of hydrogen-bond acceptors (Lipinski definition) is 4. The number of hydrogen-bond donors (Lipinski definition) is 1. The van der Waals surface area contributed by atoms with Crippen LogP contribution < -0.4 is 0 Å². The fraction of sp³-hybridized carbons (Fsp3) is 0.176. The topological polar surface area (TPSA) is 79.3 Å². The van der Waals surface area contributed by atoms with Crippen LogP contribution >= 0.6 is 0 Å². The van der Waals surface area contributed by atoms with Crippen LogP contribution in [0.4, 0.5) is 11.5 Å². The number of benzene rings is 1. The smallest absolute Gasteiger partial charge is 0.335 e. The van der Waals surface area contributed by atoms with Crippen LogP contribution in [-0.4, -0.2) is 20.5 Å². The molecule has 6 nitrogen and oxygen atoms in total. The van der Waals surface area contributed by atoms with Gasteiger partial charge in [0.2, 0.25) is 0 Å². The molecule has 0 saturated carbocycles. The summed E-state index contributed by atoms with van der Waals surface area (Å²) in [7, 11) is 0. The van der Waals surface area contributed by atoms with Gasteiger partial charge in [0.1, 0.15) is 5.65 Å². The SMILES string of the molecule is Cc1ccc(C(=O)O)cc1N=Nc1c(C)nc2cccc(C)n12. The van der Waals surface area contributed by atoms with Crippen molar-refractivity contribution in [3.63, 3.8) is 0 Å². The molecule has 0 aliphatic carbocycles. The van der Waals surface area contributed by atoms with Gasteiger partial charge in [-0.15, -0.1) is 10.2 Å². The lowest BCUT2D eigenvalue weighted by atomic mass is 10.1. The van der Waals surface area contributed by atoms with Crippen LogP contribution in [0.15, 0.2) is 46.6 Å². The van der Waals surface area contributed by atoms with E-state index in [4.69, 9.17) is 5.11 Å². The lowest BCUT2D eigenvalue weighted by Gasteiger charge is -2.03. The summed E-state index contributed by atoms with van der Waals surface area (Å²) in [5, 5.41) is 17.7. The predicted molar refractivity (Wildman–Crippen MR) is 87.0 cm³/mol. The van der Waals surface area contributed by atoms with E-state index in [0.717, 1.165) is 22.6 Å². The van der Waals surface area contributed by atoms with Crippen molar-refractivity contribution in [1.82, 2.24) is 9.38 Å². The molecular formula is C17H16N4O2. The Morgan fingerprint density at radius 2 is 1.91 bits per heavy atom. The molecule has 0 bridgehead atoms. The average molecular weight is 308 g/mol. The van der Waals surface area contributed by atoms with Crippen molar-refractivity contribution in [2.75, 3.05) is 0 Å². The summed E-state index contributed by atoms with van der Waals surface area (Å²) in [6.45, 7) is 5.72. The van der Waals surface area contributed by atoms with E-state index in [2.05, 4.69) is 15.2 Å². The minimum atomic E-state index is -0.983. The number of aromatic carboxylic acids is 1. The van der Waals surface area contributed by atoms with Crippen LogP contribution in [0, 0.1) is 20.8 Å². The molecule has 0 amide bonds. The van der Waals surface area contributed by atoms with E-state index < -0.39 is 5.97 Å². The molecule has 3 aromatic rings. The van der Waals surface area contributed by atoms with E-state index >= 15 is 0 Å². The summed E-state index contributed by atoms with van der Waals surface area (Å²) in [4.78, 5) is 15.6. The molecule has 0 unspecified atom stereocenters. The number of carboxylic acid groups (broad SMARTS) is 1. The van der Waals surface area contributed by atoms with Crippen LogP contribution in [-0.2, 0) is 0 Å². The molecule has 23 heavy (non-hydrogen) atoms. The van der Waals surface area contributed by atoms with E-state index in [0.29, 0.717) is 11.5 Å². The van der Waals surface area contributed by atoms with Gasteiger partial charge in [-0.05, 0) is 50.6 Å². The van der Waals surface area contributed by atoms with E-state index in [1.165, 1.54) is 6.07 Å². The number of carboxylic acids is 1. The van der Waals surface area contributed by atoms with Crippen molar-refractivity contribution in [3.8, 4) is 0 Å². The number of nitrogens with zero attached hydrogens (tertiary/aromatic N) is 4. The van der Waals surface area contributed by atoms with Crippen molar-refractivity contribution in [2.45, 2.75) is 20.8 Å². The zero-order valence-electron chi connectivity index (χ0n) is 13.1. The number of carbonyl (C=O) groups is 1. The van der Waals surface area contributed by atoms with Crippen molar-refractivity contribution in [2.24, 2.45) is 10.2 Å². The number of aryl methyl sites for hydroxylation is 3. The van der Waals surface area contributed by atoms with E-state index in [9.17, 15) is 4.79 Å². The van der Waals surface area contributed by atoms with Crippen molar-refractivity contribution in [1.29, 1.82) is 0 Å². The third-order valence-electron chi connectivity index (χ3n) is 3.69. The molecule has 0 aliphatic heterocycles. The Balaban J connectivity index is 2.09. The Morgan fingerprint density at radius 1 is 1.13 bits per heavy atom. The second-order valence-electron chi connectivity index (χ2n) is 5.39. The lowest BCUT2D eigenvalue weighted by molar-refractivity contribution is 0.0697. The highest BCUT2D eigenvalue weighted by Crippen LogP contribution is 2.27. The quantitative estimate of drug-likeness (QED) is 0.729. The predicted octanol–water partition coefficient (Wildman–Crippen LogP) is 4.37. The van der Waals surface area contributed by atoms with Gasteiger partial charge < -0.3 is 5.11 Å². The second-order valence-corrected chi connectivity index (χ2v) is 5.39. The van der Waals surface area contributed by atoms with Gasteiger partial charge in [0.15, 0.2) is 5.82 Å². The Labute approximate surface area is 133 Å². The maximum absolute atomic E-state index is 11.1. The Hall–Kier alpha value is -3.02. The zero-order chi connectivity index (χ0) is 16.6. The minimum Gasteiger partial charge on any atom is -0.478 e. The lowest BCUT2D eigenvalue weighted by Crippen LogP contribution is -1.95. The maximum Gasteiger partial charge on any atom is 0.335 e. The third kappa shape index (κ3) is 2.70.